The summed E-state index contributed by atoms with van der Waals surface area (Å²) >= 11 is 5.90. The van der Waals surface area contributed by atoms with Gasteiger partial charge in [-0.25, -0.2) is 16.8 Å². The van der Waals surface area contributed by atoms with Crippen LogP contribution in [0.2, 0.25) is 5.02 Å². The van der Waals surface area contributed by atoms with Crippen LogP contribution in [0.1, 0.15) is 13.8 Å². The van der Waals surface area contributed by atoms with Crippen LogP contribution >= 0.6 is 11.6 Å². The molecule has 2 aromatic rings. The molecule has 27 heavy (non-hydrogen) atoms. The van der Waals surface area contributed by atoms with E-state index in [-0.39, 0.29) is 29.7 Å². The molecule has 0 saturated carbocycles. The molecule has 1 fully saturated rings. The summed E-state index contributed by atoms with van der Waals surface area (Å²) in [6, 6.07) is 13.8. The molecule has 3 rings (SSSR count). The standard InChI is InChI=1S/C19H22ClNO4S2/c1-14(2)13-26(22,23)19-11-21(12-19)27(24,25)18-5-3-4-16(10-18)15-6-8-17(20)9-7-15/h3-10,14,19H,11-13H2,1-2H3. The van der Waals surface area contributed by atoms with Crippen LogP contribution < -0.4 is 0 Å². The fourth-order valence-electron chi connectivity index (χ4n) is 3.05. The van der Waals surface area contributed by atoms with Crippen molar-refractivity contribution in [2.24, 2.45) is 5.92 Å². The number of halogens is 1. The van der Waals surface area contributed by atoms with Crippen LogP contribution in [0.25, 0.3) is 11.1 Å². The van der Waals surface area contributed by atoms with Gasteiger partial charge in [0.1, 0.15) is 0 Å². The van der Waals surface area contributed by atoms with Crippen molar-refractivity contribution in [2.75, 3.05) is 18.8 Å². The molecule has 0 N–H and O–H groups in total. The average molecular weight is 428 g/mol. The highest BCUT2D eigenvalue weighted by Crippen LogP contribution is 2.29. The highest BCUT2D eigenvalue weighted by atomic mass is 35.5. The molecule has 1 saturated heterocycles. The van der Waals surface area contributed by atoms with E-state index >= 15 is 0 Å². The molecule has 1 aliphatic heterocycles. The van der Waals surface area contributed by atoms with Gasteiger partial charge in [0, 0.05) is 18.1 Å². The first-order valence-electron chi connectivity index (χ1n) is 8.67. The third kappa shape index (κ3) is 4.37. The maximum atomic E-state index is 12.9. The number of sulfonamides is 1. The summed E-state index contributed by atoms with van der Waals surface area (Å²) in [5, 5.41) is -0.00845. The fourth-order valence-corrected chi connectivity index (χ4v) is 6.96. The van der Waals surface area contributed by atoms with Crippen LogP contribution in [-0.4, -0.2) is 45.2 Å². The van der Waals surface area contributed by atoms with E-state index in [9.17, 15) is 16.8 Å². The Morgan fingerprint density at radius 2 is 1.63 bits per heavy atom. The van der Waals surface area contributed by atoms with Gasteiger partial charge in [-0.2, -0.15) is 4.31 Å². The first-order valence-corrected chi connectivity index (χ1v) is 12.2. The van der Waals surface area contributed by atoms with Gasteiger partial charge in [0.2, 0.25) is 10.0 Å². The molecule has 0 spiro atoms. The quantitative estimate of drug-likeness (QED) is 0.707. The lowest BCUT2D eigenvalue weighted by atomic mass is 10.1. The van der Waals surface area contributed by atoms with E-state index in [0.717, 1.165) is 11.1 Å². The molecule has 0 aliphatic carbocycles. The van der Waals surface area contributed by atoms with E-state index in [1.807, 2.05) is 32.0 Å². The number of rotatable bonds is 6. The first-order chi connectivity index (χ1) is 12.6. The maximum Gasteiger partial charge on any atom is 0.243 e. The Morgan fingerprint density at radius 3 is 2.22 bits per heavy atom. The SMILES string of the molecule is CC(C)CS(=O)(=O)C1CN(S(=O)(=O)c2cccc(-c3ccc(Cl)cc3)c2)C1. The number of sulfone groups is 1. The van der Waals surface area contributed by atoms with Crippen molar-refractivity contribution in [2.45, 2.75) is 24.0 Å². The molecule has 0 bridgehead atoms. The number of hydrogen-bond acceptors (Lipinski definition) is 4. The lowest BCUT2D eigenvalue weighted by molar-refractivity contribution is 0.309. The van der Waals surface area contributed by atoms with Crippen molar-refractivity contribution in [3.05, 3.63) is 53.6 Å². The summed E-state index contributed by atoms with van der Waals surface area (Å²) in [6.07, 6.45) is 0. The van der Waals surface area contributed by atoms with E-state index in [1.54, 1.807) is 24.3 Å². The van der Waals surface area contributed by atoms with Gasteiger partial charge in [0.25, 0.3) is 0 Å². The molecule has 0 amide bonds. The molecule has 5 nitrogen and oxygen atoms in total. The Labute approximate surface area is 165 Å². The second kappa shape index (κ2) is 7.54. The molecule has 0 atom stereocenters. The van der Waals surface area contributed by atoms with Gasteiger partial charge in [-0.1, -0.05) is 49.7 Å². The van der Waals surface area contributed by atoms with Crippen molar-refractivity contribution in [3.63, 3.8) is 0 Å². The van der Waals surface area contributed by atoms with Crippen molar-refractivity contribution < 1.29 is 16.8 Å². The van der Waals surface area contributed by atoms with Crippen molar-refractivity contribution >= 4 is 31.5 Å². The summed E-state index contributed by atoms with van der Waals surface area (Å²) in [4.78, 5) is 0.162. The van der Waals surface area contributed by atoms with E-state index in [4.69, 9.17) is 11.6 Å². The largest absolute Gasteiger partial charge is 0.243 e. The molecule has 1 heterocycles. The zero-order valence-electron chi connectivity index (χ0n) is 15.2. The monoisotopic (exact) mass is 427 g/mol. The summed E-state index contributed by atoms with van der Waals surface area (Å²) in [7, 11) is -6.99. The topological polar surface area (TPSA) is 71.5 Å². The molecule has 2 aromatic carbocycles. The van der Waals surface area contributed by atoms with Crippen LogP contribution in [0.4, 0.5) is 0 Å². The van der Waals surface area contributed by atoms with Crippen molar-refractivity contribution in [1.82, 2.24) is 4.31 Å². The second-order valence-electron chi connectivity index (χ2n) is 7.20. The number of hydrogen-bond donors (Lipinski definition) is 0. The van der Waals surface area contributed by atoms with Crippen LogP contribution in [0.3, 0.4) is 0 Å². The minimum Gasteiger partial charge on any atom is -0.228 e. The Morgan fingerprint density at radius 1 is 1.00 bits per heavy atom. The van der Waals surface area contributed by atoms with E-state index in [2.05, 4.69) is 0 Å². The second-order valence-corrected chi connectivity index (χ2v) is 11.9. The van der Waals surface area contributed by atoms with Crippen molar-refractivity contribution in [3.8, 4) is 11.1 Å². The van der Waals surface area contributed by atoms with Crippen LogP contribution in [0, 0.1) is 5.92 Å². The molecular formula is C19H22ClNO4S2. The highest BCUT2D eigenvalue weighted by Gasteiger charge is 2.43. The molecule has 146 valence electrons. The normalized spacial score (nSPS) is 16.4. The maximum absolute atomic E-state index is 12.9. The molecule has 1 aliphatic rings. The minimum atomic E-state index is -3.72. The van der Waals surface area contributed by atoms with Gasteiger partial charge in [-0.3, -0.25) is 0 Å². The Hall–Kier alpha value is -1.41. The fraction of sp³-hybridized carbons (Fsp3) is 0.368. The van der Waals surface area contributed by atoms with Gasteiger partial charge < -0.3 is 0 Å². The third-order valence-corrected chi connectivity index (χ3v) is 9.06. The molecule has 8 heteroatoms. The zero-order valence-corrected chi connectivity index (χ0v) is 17.6. The Bertz CT molecular complexity index is 1030. The molecule has 0 radical (unpaired) electrons. The Kier molecular flexibility index (Phi) is 5.68. The molecular weight excluding hydrogens is 406 g/mol. The van der Waals surface area contributed by atoms with Gasteiger partial charge >= 0.3 is 0 Å². The Balaban J connectivity index is 1.79. The zero-order chi connectivity index (χ0) is 19.8. The number of nitrogens with zero attached hydrogens (tertiary/aromatic N) is 1. The molecule has 0 unspecified atom stereocenters. The van der Waals surface area contributed by atoms with E-state index in [0.29, 0.717) is 5.02 Å². The predicted molar refractivity (Wildman–Crippen MR) is 108 cm³/mol. The summed E-state index contributed by atoms with van der Waals surface area (Å²) in [6.45, 7) is 3.71. The average Bonchev–Trinajstić information content (AvgIpc) is 2.52. The lowest BCUT2D eigenvalue weighted by Gasteiger charge is -2.37. The number of benzene rings is 2. The van der Waals surface area contributed by atoms with Gasteiger partial charge in [0.15, 0.2) is 9.84 Å². The van der Waals surface area contributed by atoms with Crippen molar-refractivity contribution in [1.29, 1.82) is 0 Å². The smallest absolute Gasteiger partial charge is 0.228 e. The van der Waals surface area contributed by atoms with E-state index < -0.39 is 25.1 Å². The molecule has 0 aromatic heterocycles. The highest BCUT2D eigenvalue weighted by molar-refractivity contribution is 7.92. The summed E-state index contributed by atoms with van der Waals surface area (Å²) in [5.41, 5.74) is 1.62. The summed E-state index contributed by atoms with van der Waals surface area (Å²) < 4.78 is 51.5. The first kappa shape index (κ1) is 20.3. The van der Waals surface area contributed by atoms with E-state index in [1.165, 1.54) is 10.4 Å². The minimum absolute atomic E-state index is 0.0164. The summed E-state index contributed by atoms with van der Waals surface area (Å²) in [5.74, 6) is 0.106. The van der Waals surface area contributed by atoms with Gasteiger partial charge in [-0.05, 0) is 41.3 Å². The van der Waals surface area contributed by atoms with Crippen LogP contribution in [-0.2, 0) is 19.9 Å². The lowest BCUT2D eigenvalue weighted by Crippen LogP contribution is -2.57. The van der Waals surface area contributed by atoms with Crippen LogP contribution in [0.5, 0.6) is 0 Å². The predicted octanol–water partition coefficient (Wildman–Crippen LogP) is 3.45. The van der Waals surface area contributed by atoms with Gasteiger partial charge in [-0.15, -0.1) is 0 Å². The third-order valence-electron chi connectivity index (χ3n) is 4.54. The van der Waals surface area contributed by atoms with Crippen LogP contribution in [0.15, 0.2) is 53.4 Å². The van der Waals surface area contributed by atoms with Gasteiger partial charge in [0.05, 0.1) is 15.9 Å².